The van der Waals surface area contributed by atoms with Gasteiger partial charge in [0.15, 0.2) is 5.60 Å². The molecule has 1 fully saturated rings. The van der Waals surface area contributed by atoms with Gasteiger partial charge in [0, 0.05) is 24.9 Å². The number of amides is 2. The highest BCUT2D eigenvalue weighted by atomic mass is 16.5. The molecule has 10 nitrogen and oxygen atoms in total. The van der Waals surface area contributed by atoms with Crippen LogP contribution in [0.15, 0.2) is 60.8 Å². The minimum Gasteiger partial charge on any atom is -0.489 e. The van der Waals surface area contributed by atoms with Crippen molar-refractivity contribution in [3.8, 4) is 35.2 Å². The van der Waals surface area contributed by atoms with Gasteiger partial charge >= 0.3 is 0 Å². The first-order chi connectivity index (χ1) is 18.3. The van der Waals surface area contributed by atoms with Gasteiger partial charge in [-0.05, 0) is 48.5 Å². The van der Waals surface area contributed by atoms with Crippen molar-refractivity contribution in [3.63, 3.8) is 0 Å². The third-order valence-corrected chi connectivity index (χ3v) is 5.96. The van der Waals surface area contributed by atoms with Crippen molar-refractivity contribution < 1.29 is 28.9 Å². The fraction of sp³-hybridized carbons (Fsp3) is 0.214. The van der Waals surface area contributed by atoms with E-state index in [-0.39, 0.29) is 31.4 Å². The minimum absolute atomic E-state index is 0.0591. The molecule has 0 spiro atoms. The predicted octanol–water partition coefficient (Wildman–Crippen LogP) is 2.01. The molecule has 190 valence electrons. The molecule has 10 heteroatoms. The number of hydrogen-bond donors (Lipinski definition) is 2. The van der Waals surface area contributed by atoms with Crippen LogP contribution in [0, 0.1) is 23.2 Å². The van der Waals surface area contributed by atoms with Gasteiger partial charge in [-0.3, -0.25) is 14.6 Å². The summed E-state index contributed by atoms with van der Waals surface area (Å²) in [5, 5.41) is 21.7. The molecule has 2 aliphatic heterocycles. The lowest BCUT2D eigenvalue weighted by Gasteiger charge is -2.30. The maximum Gasteiger partial charge on any atom is 0.270 e. The lowest BCUT2D eigenvalue weighted by atomic mass is 10.0. The molecule has 0 bridgehead atoms. The first-order valence-corrected chi connectivity index (χ1v) is 11.7. The van der Waals surface area contributed by atoms with Crippen LogP contribution in [0.2, 0.25) is 0 Å². The Balaban J connectivity index is 1.27. The average Bonchev–Trinajstić information content (AvgIpc) is 3.03. The average molecular weight is 511 g/mol. The van der Waals surface area contributed by atoms with Crippen LogP contribution in [-0.2, 0) is 9.53 Å². The van der Waals surface area contributed by atoms with E-state index in [4.69, 9.17) is 19.5 Å². The first-order valence-electron chi connectivity index (χ1n) is 11.7. The number of nitriles is 1. The highest BCUT2D eigenvalue weighted by Gasteiger charge is 2.34. The number of aromatic nitrogens is 1. The number of anilines is 1. The van der Waals surface area contributed by atoms with E-state index in [2.05, 4.69) is 22.1 Å². The van der Waals surface area contributed by atoms with E-state index in [1.807, 2.05) is 6.07 Å². The number of pyridine rings is 1. The molecule has 38 heavy (non-hydrogen) atoms. The van der Waals surface area contributed by atoms with Crippen LogP contribution < -0.4 is 19.7 Å². The molecule has 1 atom stereocenters. The predicted molar refractivity (Wildman–Crippen MR) is 135 cm³/mol. The SMILES string of the molecule is CN1C(=O)[C@@H](NC(=O)c2cc(Oc3ccc(C#N)cc3)ccn2)COc2ccc(C#CC3(O)COC3)cc21. The number of likely N-dealkylation sites (N-methyl/N-ethyl adjacent to an activating group) is 1. The third kappa shape index (κ3) is 5.27. The highest BCUT2D eigenvalue weighted by molar-refractivity contribution is 6.03. The monoisotopic (exact) mass is 510 g/mol. The summed E-state index contributed by atoms with van der Waals surface area (Å²) in [6.45, 7) is 0.242. The Bertz CT molecular complexity index is 1500. The maximum absolute atomic E-state index is 13.2. The van der Waals surface area contributed by atoms with Gasteiger partial charge in [0.1, 0.15) is 35.6 Å². The van der Waals surface area contributed by atoms with Gasteiger partial charge in [0.2, 0.25) is 0 Å². The number of ether oxygens (including phenoxy) is 3. The summed E-state index contributed by atoms with van der Waals surface area (Å²) in [5.74, 6) is 6.07. The summed E-state index contributed by atoms with van der Waals surface area (Å²) < 4.78 is 16.6. The van der Waals surface area contributed by atoms with Gasteiger partial charge in [-0.1, -0.05) is 11.8 Å². The molecule has 0 saturated carbocycles. The lowest BCUT2D eigenvalue weighted by molar-refractivity contribution is -0.140. The topological polar surface area (TPSA) is 134 Å². The summed E-state index contributed by atoms with van der Waals surface area (Å²) in [5.41, 5.74) is 0.493. The van der Waals surface area contributed by atoms with Crippen LogP contribution in [0.25, 0.3) is 0 Å². The van der Waals surface area contributed by atoms with Gasteiger partial charge < -0.3 is 29.5 Å². The summed E-state index contributed by atoms with van der Waals surface area (Å²) in [6.07, 6.45) is 1.43. The molecule has 2 N–H and O–H groups in total. The molecular formula is C28H22N4O6. The van der Waals surface area contributed by atoms with Crippen molar-refractivity contribution in [3.05, 3.63) is 77.6 Å². The largest absolute Gasteiger partial charge is 0.489 e. The van der Waals surface area contributed by atoms with Crippen LogP contribution >= 0.6 is 0 Å². The van der Waals surface area contributed by atoms with Crippen molar-refractivity contribution in [1.82, 2.24) is 10.3 Å². The molecule has 5 rings (SSSR count). The molecule has 3 heterocycles. The number of aliphatic hydroxyl groups is 1. The Morgan fingerprint density at radius 3 is 2.63 bits per heavy atom. The lowest BCUT2D eigenvalue weighted by Crippen LogP contribution is -2.49. The van der Waals surface area contributed by atoms with Crippen LogP contribution in [0.1, 0.15) is 21.6 Å². The van der Waals surface area contributed by atoms with E-state index in [0.717, 1.165) is 0 Å². The summed E-state index contributed by atoms with van der Waals surface area (Å²) in [4.78, 5) is 31.7. The Kier molecular flexibility index (Phi) is 6.67. The molecule has 1 aromatic heterocycles. The zero-order valence-electron chi connectivity index (χ0n) is 20.3. The molecule has 2 aromatic carbocycles. The maximum atomic E-state index is 13.2. The second kappa shape index (κ2) is 10.2. The Hall–Kier alpha value is -4.90. The summed E-state index contributed by atoms with van der Waals surface area (Å²) in [6, 6.07) is 15.8. The molecular weight excluding hydrogens is 488 g/mol. The zero-order chi connectivity index (χ0) is 26.7. The Morgan fingerprint density at radius 1 is 1.16 bits per heavy atom. The van der Waals surface area contributed by atoms with Crippen LogP contribution in [0.3, 0.4) is 0 Å². The third-order valence-electron chi connectivity index (χ3n) is 5.96. The van der Waals surface area contributed by atoms with E-state index >= 15 is 0 Å². The van der Waals surface area contributed by atoms with E-state index in [1.165, 1.54) is 17.2 Å². The normalized spacial score (nSPS) is 17.3. The standard InChI is InChI=1S/C28H22N4O6/c1-32-24-12-18(8-10-28(35)16-36-17-28)4-7-25(24)37-15-23(27(32)34)31-26(33)22-13-21(9-11-30-22)38-20-5-2-19(14-29)3-6-20/h2-7,9,11-13,23,35H,15-17H2,1H3,(H,31,33)/t23-/m0/s1. The molecule has 1 saturated heterocycles. The number of fused-ring (bicyclic) bond motifs is 1. The van der Waals surface area contributed by atoms with Gasteiger partial charge in [-0.25, -0.2) is 0 Å². The van der Waals surface area contributed by atoms with Gasteiger partial charge in [-0.15, -0.1) is 0 Å². The minimum atomic E-state index is -1.15. The van der Waals surface area contributed by atoms with Crippen molar-refractivity contribution in [2.24, 2.45) is 0 Å². The molecule has 0 aliphatic carbocycles. The number of hydrogen-bond acceptors (Lipinski definition) is 8. The number of carbonyl (C=O) groups excluding carboxylic acids is 2. The van der Waals surface area contributed by atoms with Crippen LogP contribution in [0.4, 0.5) is 5.69 Å². The Morgan fingerprint density at radius 2 is 1.92 bits per heavy atom. The molecule has 0 unspecified atom stereocenters. The quantitative estimate of drug-likeness (QED) is 0.509. The van der Waals surface area contributed by atoms with Gasteiger partial charge in [0.05, 0.1) is 30.5 Å². The zero-order valence-corrected chi connectivity index (χ0v) is 20.3. The molecule has 2 amide bonds. The van der Waals surface area contributed by atoms with Crippen molar-refractivity contribution in [2.45, 2.75) is 11.6 Å². The van der Waals surface area contributed by atoms with E-state index in [0.29, 0.717) is 34.1 Å². The van der Waals surface area contributed by atoms with Crippen LogP contribution in [-0.4, -0.2) is 60.4 Å². The second-order valence-electron chi connectivity index (χ2n) is 8.81. The molecule has 2 aliphatic rings. The molecule has 3 aromatic rings. The molecule has 0 radical (unpaired) electrons. The second-order valence-corrected chi connectivity index (χ2v) is 8.81. The van der Waals surface area contributed by atoms with Crippen LogP contribution in [0.5, 0.6) is 17.2 Å². The fourth-order valence-corrected chi connectivity index (χ4v) is 3.80. The number of nitrogens with one attached hydrogen (secondary N) is 1. The van der Waals surface area contributed by atoms with Crippen molar-refractivity contribution in [1.29, 1.82) is 5.26 Å². The number of carbonyl (C=O) groups is 2. The Labute approximate surface area is 218 Å². The number of benzene rings is 2. The summed E-state index contributed by atoms with van der Waals surface area (Å²) in [7, 11) is 1.59. The van der Waals surface area contributed by atoms with Crippen molar-refractivity contribution in [2.75, 3.05) is 31.8 Å². The van der Waals surface area contributed by atoms with E-state index < -0.39 is 17.6 Å². The highest BCUT2D eigenvalue weighted by Crippen LogP contribution is 2.32. The summed E-state index contributed by atoms with van der Waals surface area (Å²) >= 11 is 0. The fourth-order valence-electron chi connectivity index (χ4n) is 3.80. The van der Waals surface area contributed by atoms with Crippen molar-refractivity contribution >= 4 is 17.5 Å². The van der Waals surface area contributed by atoms with Gasteiger partial charge in [-0.2, -0.15) is 5.26 Å². The van der Waals surface area contributed by atoms with E-state index in [9.17, 15) is 14.7 Å². The van der Waals surface area contributed by atoms with E-state index in [1.54, 1.807) is 55.6 Å². The first kappa shape index (κ1) is 24.8. The van der Waals surface area contributed by atoms with Gasteiger partial charge in [0.25, 0.3) is 11.8 Å². The smallest absolute Gasteiger partial charge is 0.270 e. The number of nitrogens with zero attached hydrogens (tertiary/aromatic N) is 3. The number of rotatable bonds is 4.